The van der Waals surface area contributed by atoms with E-state index in [1.54, 1.807) is 49.0 Å². The largest absolute Gasteiger partial charge is 0.484 e. The number of anilines is 1. The topological polar surface area (TPSA) is 172 Å². The molecule has 2 saturated carbocycles. The van der Waals surface area contributed by atoms with Crippen molar-refractivity contribution in [2.45, 2.75) is 55.2 Å². The molecule has 2 aliphatic carbocycles. The van der Waals surface area contributed by atoms with E-state index in [4.69, 9.17) is 14.6 Å². The summed E-state index contributed by atoms with van der Waals surface area (Å²) < 4.78 is 10.9. The molecule has 4 aliphatic rings. The number of carbonyl (C=O) groups excluding carboxylic acids is 4. The van der Waals surface area contributed by atoms with Crippen molar-refractivity contribution in [3.05, 3.63) is 74.2 Å². The lowest BCUT2D eigenvalue weighted by atomic mass is 9.68. The zero-order valence-corrected chi connectivity index (χ0v) is 28.9. The minimum Gasteiger partial charge on any atom is -0.484 e. The molecule has 1 saturated heterocycles. The van der Waals surface area contributed by atoms with E-state index in [2.05, 4.69) is 10.3 Å². The number of aliphatic carboxylic acids is 1. The quantitative estimate of drug-likeness (QED) is 0.127. The molecule has 12 nitrogen and oxygen atoms in total. The summed E-state index contributed by atoms with van der Waals surface area (Å²) in [5.41, 5.74) is 1.81. The number of fused-ring (bicyclic) bond motifs is 9. The second kappa shape index (κ2) is 14.1. The van der Waals surface area contributed by atoms with Gasteiger partial charge in [0, 0.05) is 34.7 Å². The maximum Gasteiger partial charge on any atom is 0.338 e. The van der Waals surface area contributed by atoms with E-state index in [-0.39, 0.29) is 77.1 Å². The summed E-state index contributed by atoms with van der Waals surface area (Å²) >= 11 is 2.80. The van der Waals surface area contributed by atoms with Crippen LogP contribution in [-0.4, -0.2) is 69.7 Å². The molecule has 3 amide bonds. The maximum atomic E-state index is 13.8. The number of hydrogen-bond donors (Lipinski definition) is 3. The van der Waals surface area contributed by atoms with Crippen LogP contribution in [0.4, 0.5) is 5.69 Å². The van der Waals surface area contributed by atoms with Crippen LogP contribution < -0.4 is 14.9 Å². The minimum atomic E-state index is -0.854. The molecule has 7 rings (SSSR count). The number of nitrogens with one attached hydrogen (secondary N) is 2. The molecule has 2 bridgehead atoms. The Bertz CT molecular complexity index is 1890. The number of benzene rings is 2. The molecule has 2 aliphatic heterocycles. The highest BCUT2D eigenvalue weighted by Crippen LogP contribution is 2.68. The van der Waals surface area contributed by atoms with Crippen LogP contribution >= 0.6 is 23.1 Å². The molecule has 0 spiro atoms. The minimum absolute atomic E-state index is 0.00185. The fourth-order valence-corrected chi connectivity index (χ4v) is 11.3. The Morgan fingerprint density at radius 2 is 1.76 bits per heavy atom. The third-order valence-corrected chi connectivity index (χ3v) is 12.9. The molecular weight excluding hydrogens is 683 g/mol. The van der Waals surface area contributed by atoms with Gasteiger partial charge in [0.25, 0.3) is 5.91 Å². The number of carboxylic acid groups (broad SMARTS) is 1. The van der Waals surface area contributed by atoms with Gasteiger partial charge in [-0.05, 0) is 85.9 Å². The van der Waals surface area contributed by atoms with Crippen LogP contribution in [0.2, 0.25) is 0 Å². The molecule has 14 heteroatoms. The van der Waals surface area contributed by atoms with Crippen LogP contribution in [-0.2, 0) is 23.9 Å². The molecule has 0 radical (unpaired) electrons. The summed E-state index contributed by atoms with van der Waals surface area (Å²) in [6.45, 7) is 2.05. The Balaban J connectivity index is 1.06. The van der Waals surface area contributed by atoms with Gasteiger partial charge in [0.1, 0.15) is 5.75 Å². The van der Waals surface area contributed by atoms with Gasteiger partial charge in [0.15, 0.2) is 6.61 Å². The average molecular weight is 720 g/mol. The Morgan fingerprint density at radius 3 is 2.50 bits per heavy atom. The van der Waals surface area contributed by atoms with Crippen molar-refractivity contribution < 1.29 is 38.6 Å². The number of aromatic nitrogens is 1. The average Bonchev–Trinajstić information content (AvgIpc) is 3.83. The summed E-state index contributed by atoms with van der Waals surface area (Å²) in [6, 6.07) is 13.9. The van der Waals surface area contributed by atoms with Crippen LogP contribution in [0.1, 0.15) is 65.7 Å². The summed E-state index contributed by atoms with van der Waals surface area (Å²) in [4.78, 5) is 80.8. The monoisotopic (exact) mass is 719 g/mol. The fourth-order valence-electron chi connectivity index (χ4n) is 8.44. The standard InChI is InChI=1S/C36H37N3O9S2/c1-2-47-35(45)18-10-12-20(13-11-18)37-24(40)17-48-21-8-6-7-19(15-21)26-27-22-16-23(30(27)49-32-31(26)50-36(46)38-32)29-28(22)33(43)39(34(29)44)14-5-3-4-9-25(41)42/h6-8,10-13,15,22-23,26-30H,2-5,9,14,16-17H2,1H3,(H,37,40)(H,38,46)(H,41,42)/t22?,23?,26-,27?,28?,29?,30?/m1/s1. The number of imide groups is 1. The number of thioether (sulfide) groups is 1. The first kappa shape index (κ1) is 34.0. The van der Waals surface area contributed by atoms with Gasteiger partial charge in [-0.25, -0.2) is 4.79 Å². The predicted octanol–water partition coefficient (Wildman–Crippen LogP) is 4.75. The van der Waals surface area contributed by atoms with E-state index >= 15 is 0 Å². The van der Waals surface area contributed by atoms with Crippen molar-refractivity contribution in [1.29, 1.82) is 0 Å². The predicted molar refractivity (Wildman–Crippen MR) is 184 cm³/mol. The highest BCUT2D eigenvalue weighted by molar-refractivity contribution is 8.00. The van der Waals surface area contributed by atoms with Gasteiger partial charge in [-0.1, -0.05) is 29.9 Å². The van der Waals surface area contributed by atoms with E-state index in [0.717, 1.165) is 21.9 Å². The molecule has 6 unspecified atom stereocenters. The number of rotatable bonds is 13. The number of carbonyl (C=O) groups is 5. The van der Waals surface area contributed by atoms with Crippen molar-refractivity contribution >= 4 is 58.4 Å². The van der Waals surface area contributed by atoms with Crippen LogP contribution in [0.5, 0.6) is 5.75 Å². The first-order valence-corrected chi connectivity index (χ1v) is 18.6. The van der Waals surface area contributed by atoms with Crippen molar-refractivity contribution in [2.75, 3.05) is 25.1 Å². The van der Waals surface area contributed by atoms with E-state index in [0.29, 0.717) is 42.8 Å². The van der Waals surface area contributed by atoms with E-state index in [9.17, 15) is 28.8 Å². The summed E-state index contributed by atoms with van der Waals surface area (Å²) in [6.07, 6.45) is 2.56. The molecule has 3 heterocycles. The summed E-state index contributed by atoms with van der Waals surface area (Å²) in [7, 11) is 0. The van der Waals surface area contributed by atoms with Gasteiger partial charge in [0.05, 0.1) is 29.0 Å². The summed E-state index contributed by atoms with van der Waals surface area (Å²) in [5.74, 6) is -2.40. The molecule has 2 aromatic carbocycles. The molecule has 7 atom stereocenters. The number of unbranched alkanes of at least 4 members (excludes halogenated alkanes) is 2. The highest BCUT2D eigenvalue weighted by atomic mass is 32.2. The number of aromatic amines is 1. The number of nitrogens with zero attached hydrogens (tertiary/aromatic N) is 1. The normalized spacial score (nSPS) is 25.9. The number of likely N-dealkylation sites (tertiary alicyclic amines) is 1. The van der Waals surface area contributed by atoms with Crippen molar-refractivity contribution in [1.82, 2.24) is 9.88 Å². The van der Waals surface area contributed by atoms with Crippen molar-refractivity contribution in [3.63, 3.8) is 0 Å². The number of thiazole rings is 1. The number of hydrogen-bond acceptors (Lipinski definition) is 10. The van der Waals surface area contributed by atoms with Gasteiger partial charge in [-0.3, -0.25) is 28.9 Å². The lowest BCUT2D eigenvalue weighted by molar-refractivity contribution is -0.141. The van der Waals surface area contributed by atoms with Crippen LogP contribution in [0, 0.1) is 29.6 Å². The van der Waals surface area contributed by atoms with E-state index in [1.165, 1.54) is 16.2 Å². The lowest BCUT2D eigenvalue weighted by Crippen LogP contribution is -2.42. The SMILES string of the molecule is CCOC(=O)c1ccc(NC(=O)COc2cccc([C@H]3c4sc(=O)[nH]c4SC4C5CC(C6C(=O)N(CCCCCC(=O)O)C(=O)C56)C43)c2)cc1. The Labute approximate surface area is 295 Å². The number of esters is 1. The third kappa shape index (κ3) is 6.34. The molecule has 50 heavy (non-hydrogen) atoms. The summed E-state index contributed by atoms with van der Waals surface area (Å²) in [5, 5.41) is 12.5. The first-order chi connectivity index (χ1) is 24.1. The highest BCUT2D eigenvalue weighted by Gasteiger charge is 2.69. The van der Waals surface area contributed by atoms with Gasteiger partial charge in [0.2, 0.25) is 11.8 Å². The van der Waals surface area contributed by atoms with Crippen LogP contribution in [0.3, 0.4) is 0 Å². The number of carboxylic acids is 1. The second-order valence-electron chi connectivity index (χ2n) is 13.2. The Kier molecular flexibility index (Phi) is 9.57. The molecule has 1 aromatic heterocycles. The van der Waals surface area contributed by atoms with Crippen LogP contribution in [0.25, 0.3) is 0 Å². The number of amides is 3. The van der Waals surface area contributed by atoms with Crippen molar-refractivity contribution in [3.8, 4) is 5.75 Å². The molecule has 3 fully saturated rings. The number of ether oxygens (including phenoxy) is 2. The fraction of sp³-hybridized carbons (Fsp3) is 0.444. The number of H-pyrrole nitrogens is 1. The first-order valence-electron chi connectivity index (χ1n) is 16.9. The van der Waals surface area contributed by atoms with E-state index < -0.39 is 17.9 Å². The molecule has 3 aromatic rings. The lowest BCUT2D eigenvalue weighted by Gasteiger charge is -2.43. The zero-order chi connectivity index (χ0) is 35.1. The maximum absolute atomic E-state index is 13.8. The Hall–Kier alpha value is -4.43. The molecule has 3 N–H and O–H groups in total. The van der Waals surface area contributed by atoms with Crippen LogP contribution in [0.15, 0.2) is 58.4 Å². The van der Waals surface area contributed by atoms with Gasteiger partial charge < -0.3 is 24.9 Å². The smallest absolute Gasteiger partial charge is 0.338 e. The van der Waals surface area contributed by atoms with Crippen molar-refractivity contribution in [2.24, 2.45) is 29.6 Å². The second-order valence-corrected chi connectivity index (χ2v) is 15.4. The van der Waals surface area contributed by atoms with E-state index in [1.807, 2.05) is 18.2 Å². The third-order valence-electron chi connectivity index (χ3n) is 10.4. The zero-order valence-electron chi connectivity index (χ0n) is 27.3. The molecule has 262 valence electrons. The van der Waals surface area contributed by atoms with Gasteiger partial charge in [-0.2, -0.15) is 0 Å². The molecular formula is C36H37N3O9S2. The van der Waals surface area contributed by atoms with Gasteiger partial charge >= 0.3 is 16.8 Å². The Morgan fingerprint density at radius 1 is 1.00 bits per heavy atom. The van der Waals surface area contributed by atoms with Gasteiger partial charge in [-0.15, -0.1) is 11.8 Å².